The van der Waals surface area contributed by atoms with E-state index < -0.39 is 0 Å². The highest BCUT2D eigenvalue weighted by atomic mass is 16.5. The van der Waals surface area contributed by atoms with E-state index in [2.05, 4.69) is 32.6 Å². The van der Waals surface area contributed by atoms with E-state index in [-0.39, 0.29) is 0 Å². The fourth-order valence-corrected chi connectivity index (χ4v) is 2.28. The summed E-state index contributed by atoms with van der Waals surface area (Å²) >= 11 is 0. The van der Waals surface area contributed by atoms with Gasteiger partial charge in [-0.15, -0.1) is 0 Å². The molecule has 0 fully saturated rings. The number of aryl methyl sites for hydroxylation is 1. The lowest BCUT2D eigenvalue weighted by atomic mass is 10.2. The third-order valence-electron chi connectivity index (χ3n) is 3.59. The van der Waals surface area contributed by atoms with Gasteiger partial charge in [-0.05, 0) is 36.8 Å². The fourth-order valence-electron chi connectivity index (χ4n) is 2.28. The van der Waals surface area contributed by atoms with Crippen LogP contribution >= 0.6 is 0 Å². The van der Waals surface area contributed by atoms with Crippen LogP contribution in [0.3, 0.4) is 0 Å². The third-order valence-corrected chi connectivity index (χ3v) is 3.59. The van der Waals surface area contributed by atoms with Crippen LogP contribution in [0.5, 0.6) is 5.75 Å². The number of ether oxygens (including phenoxy) is 1. The Morgan fingerprint density at radius 2 is 2.09 bits per heavy atom. The lowest BCUT2D eigenvalue weighted by Crippen LogP contribution is -2.13. The predicted octanol–water partition coefficient (Wildman–Crippen LogP) is 2.98. The molecule has 2 heterocycles. The standard InChI is InChI=1S/C18H20N4O/c1-14-16(12-21-22-14)11-19-10-15-5-4-7-18(9-15)23-13-17-6-2-3-8-20-17/h2-9,12,19H,10-11,13H2,1H3,(H,21,22). The first-order valence-corrected chi connectivity index (χ1v) is 7.62. The number of H-pyrrole nitrogens is 1. The second kappa shape index (κ2) is 7.56. The largest absolute Gasteiger partial charge is 0.487 e. The average Bonchev–Trinajstić information content (AvgIpc) is 3.00. The Hall–Kier alpha value is -2.66. The maximum atomic E-state index is 5.80. The Morgan fingerprint density at radius 1 is 1.13 bits per heavy atom. The molecule has 0 aliphatic rings. The number of pyridine rings is 1. The second-order valence-electron chi connectivity index (χ2n) is 5.38. The predicted molar refractivity (Wildman–Crippen MR) is 88.9 cm³/mol. The monoisotopic (exact) mass is 308 g/mol. The summed E-state index contributed by atoms with van der Waals surface area (Å²) in [6, 6.07) is 13.9. The van der Waals surface area contributed by atoms with Crippen molar-refractivity contribution in [1.82, 2.24) is 20.5 Å². The van der Waals surface area contributed by atoms with Gasteiger partial charge in [-0.3, -0.25) is 10.1 Å². The van der Waals surface area contributed by atoms with Gasteiger partial charge in [0.2, 0.25) is 0 Å². The highest BCUT2D eigenvalue weighted by molar-refractivity contribution is 5.28. The molecule has 0 saturated heterocycles. The van der Waals surface area contributed by atoms with Crippen LogP contribution in [0.2, 0.25) is 0 Å². The van der Waals surface area contributed by atoms with Gasteiger partial charge in [0.25, 0.3) is 0 Å². The Kier molecular flexibility index (Phi) is 5.01. The summed E-state index contributed by atoms with van der Waals surface area (Å²) in [6.45, 7) is 4.08. The van der Waals surface area contributed by atoms with E-state index >= 15 is 0 Å². The van der Waals surface area contributed by atoms with Crippen molar-refractivity contribution < 1.29 is 4.74 Å². The zero-order valence-electron chi connectivity index (χ0n) is 13.1. The number of hydrogen-bond acceptors (Lipinski definition) is 4. The molecule has 0 spiro atoms. The third kappa shape index (κ3) is 4.40. The van der Waals surface area contributed by atoms with Crippen molar-refractivity contribution in [3.8, 4) is 5.75 Å². The van der Waals surface area contributed by atoms with E-state index in [1.807, 2.05) is 43.5 Å². The summed E-state index contributed by atoms with van der Waals surface area (Å²) in [5, 5.41) is 10.4. The molecule has 5 heteroatoms. The highest BCUT2D eigenvalue weighted by Gasteiger charge is 2.01. The van der Waals surface area contributed by atoms with Gasteiger partial charge in [-0.1, -0.05) is 18.2 Å². The summed E-state index contributed by atoms with van der Waals surface area (Å²) in [7, 11) is 0. The number of aromatic nitrogens is 3. The first-order chi connectivity index (χ1) is 11.3. The first-order valence-electron chi connectivity index (χ1n) is 7.62. The zero-order chi connectivity index (χ0) is 15.9. The molecule has 0 amide bonds. The molecular formula is C18H20N4O. The summed E-state index contributed by atoms with van der Waals surface area (Å²) in [6.07, 6.45) is 3.63. The number of benzene rings is 1. The molecule has 0 unspecified atom stereocenters. The van der Waals surface area contributed by atoms with Crippen molar-refractivity contribution in [3.05, 3.63) is 77.4 Å². The van der Waals surface area contributed by atoms with Gasteiger partial charge >= 0.3 is 0 Å². The molecule has 0 aliphatic heterocycles. The molecule has 3 rings (SSSR count). The zero-order valence-corrected chi connectivity index (χ0v) is 13.1. The molecular weight excluding hydrogens is 288 g/mol. The van der Waals surface area contributed by atoms with Gasteiger partial charge in [0, 0.05) is 30.5 Å². The maximum absolute atomic E-state index is 5.80. The number of aromatic amines is 1. The van der Waals surface area contributed by atoms with Crippen molar-refractivity contribution in [2.75, 3.05) is 0 Å². The van der Waals surface area contributed by atoms with Crippen LogP contribution in [0.4, 0.5) is 0 Å². The molecule has 2 aromatic heterocycles. The van der Waals surface area contributed by atoms with Gasteiger partial charge in [0.1, 0.15) is 12.4 Å². The van der Waals surface area contributed by atoms with Crippen LogP contribution in [0, 0.1) is 6.92 Å². The number of nitrogens with one attached hydrogen (secondary N) is 2. The van der Waals surface area contributed by atoms with Crippen LogP contribution in [-0.4, -0.2) is 15.2 Å². The molecule has 0 radical (unpaired) electrons. The summed E-state index contributed by atoms with van der Waals surface area (Å²) in [5.41, 5.74) is 4.40. The minimum absolute atomic E-state index is 0.478. The molecule has 3 aromatic rings. The topological polar surface area (TPSA) is 62.8 Å². The molecule has 0 saturated carbocycles. The molecule has 0 bridgehead atoms. The van der Waals surface area contributed by atoms with Crippen molar-refractivity contribution in [2.24, 2.45) is 0 Å². The van der Waals surface area contributed by atoms with Gasteiger partial charge in [0.05, 0.1) is 11.9 Å². The molecule has 0 aliphatic carbocycles. The number of hydrogen-bond donors (Lipinski definition) is 2. The highest BCUT2D eigenvalue weighted by Crippen LogP contribution is 2.15. The SMILES string of the molecule is Cc1[nH]ncc1CNCc1cccc(OCc2ccccn2)c1. The van der Waals surface area contributed by atoms with Crippen molar-refractivity contribution in [1.29, 1.82) is 0 Å². The molecule has 0 atom stereocenters. The number of rotatable bonds is 7. The summed E-state index contributed by atoms with van der Waals surface area (Å²) in [5.74, 6) is 0.856. The van der Waals surface area contributed by atoms with Crippen LogP contribution in [0.1, 0.15) is 22.5 Å². The van der Waals surface area contributed by atoms with E-state index in [0.717, 1.165) is 30.2 Å². The van der Waals surface area contributed by atoms with Crippen LogP contribution in [0.15, 0.2) is 54.9 Å². The van der Waals surface area contributed by atoms with Crippen molar-refractivity contribution in [2.45, 2.75) is 26.6 Å². The van der Waals surface area contributed by atoms with Gasteiger partial charge in [0.15, 0.2) is 0 Å². The van der Waals surface area contributed by atoms with Gasteiger partial charge in [-0.2, -0.15) is 5.10 Å². The molecule has 23 heavy (non-hydrogen) atoms. The average molecular weight is 308 g/mol. The Balaban J connectivity index is 1.52. The minimum atomic E-state index is 0.478. The Bertz CT molecular complexity index is 740. The van der Waals surface area contributed by atoms with Gasteiger partial charge in [-0.25, -0.2) is 0 Å². The minimum Gasteiger partial charge on any atom is -0.487 e. The Labute approximate surface area is 135 Å². The van der Waals surface area contributed by atoms with Gasteiger partial charge < -0.3 is 10.1 Å². The summed E-state index contributed by atoms with van der Waals surface area (Å²) in [4.78, 5) is 4.26. The molecule has 1 aromatic carbocycles. The second-order valence-corrected chi connectivity index (χ2v) is 5.38. The molecule has 5 nitrogen and oxygen atoms in total. The normalized spacial score (nSPS) is 10.7. The van der Waals surface area contributed by atoms with Crippen LogP contribution in [-0.2, 0) is 19.7 Å². The van der Waals surface area contributed by atoms with E-state index in [4.69, 9.17) is 4.74 Å². The lowest BCUT2D eigenvalue weighted by Gasteiger charge is -2.08. The maximum Gasteiger partial charge on any atom is 0.130 e. The number of nitrogens with zero attached hydrogens (tertiary/aromatic N) is 2. The van der Waals surface area contributed by atoms with E-state index in [1.54, 1.807) is 6.20 Å². The first kappa shape index (κ1) is 15.2. The lowest BCUT2D eigenvalue weighted by molar-refractivity contribution is 0.301. The van der Waals surface area contributed by atoms with Crippen molar-refractivity contribution in [3.63, 3.8) is 0 Å². The Morgan fingerprint density at radius 3 is 2.87 bits per heavy atom. The van der Waals surface area contributed by atoms with E-state index in [9.17, 15) is 0 Å². The molecule has 2 N–H and O–H groups in total. The van der Waals surface area contributed by atoms with E-state index in [0.29, 0.717) is 6.61 Å². The van der Waals surface area contributed by atoms with Crippen LogP contribution < -0.4 is 10.1 Å². The quantitative estimate of drug-likeness (QED) is 0.704. The van der Waals surface area contributed by atoms with Crippen LogP contribution in [0.25, 0.3) is 0 Å². The van der Waals surface area contributed by atoms with E-state index in [1.165, 1.54) is 11.1 Å². The van der Waals surface area contributed by atoms with Crippen molar-refractivity contribution >= 4 is 0 Å². The smallest absolute Gasteiger partial charge is 0.130 e. The summed E-state index contributed by atoms with van der Waals surface area (Å²) < 4.78 is 5.80. The fraction of sp³-hybridized carbons (Fsp3) is 0.222. The molecule has 118 valence electrons.